The van der Waals surface area contributed by atoms with Gasteiger partial charge < -0.3 is 23.8 Å². The van der Waals surface area contributed by atoms with Crippen molar-refractivity contribution in [2.75, 3.05) is 39.9 Å². The summed E-state index contributed by atoms with van der Waals surface area (Å²) in [6, 6.07) is 7.46. The third kappa shape index (κ3) is 4.64. The number of carbonyl (C=O) groups excluding carboxylic acids is 1. The Hall–Kier alpha value is -2.25. The van der Waals surface area contributed by atoms with Crippen LogP contribution < -0.4 is 5.32 Å². The Labute approximate surface area is 147 Å². The lowest BCUT2D eigenvalue weighted by Gasteiger charge is -2.33. The molecule has 1 aliphatic heterocycles. The summed E-state index contributed by atoms with van der Waals surface area (Å²) in [5.41, 5.74) is 0. The van der Waals surface area contributed by atoms with Crippen molar-refractivity contribution in [3.8, 4) is 0 Å². The standard InChI is InChI=1S/C18H25N3O4/c1-14-5-6-17(25-14)16(21-7-10-23-11-8-21)12-19-18(22)20(2)13-15-4-3-9-24-15/h3-6,9,16H,7-8,10-13H2,1-2H3,(H,19,22)/t16-/m1/s1. The van der Waals surface area contributed by atoms with Crippen LogP contribution in [0.4, 0.5) is 4.79 Å². The fourth-order valence-corrected chi connectivity index (χ4v) is 2.96. The zero-order chi connectivity index (χ0) is 17.6. The van der Waals surface area contributed by atoms with Crippen LogP contribution in [0.3, 0.4) is 0 Å². The van der Waals surface area contributed by atoms with Crippen LogP contribution in [0.2, 0.25) is 0 Å². The first-order valence-electron chi connectivity index (χ1n) is 8.53. The Morgan fingerprint density at radius 2 is 2.12 bits per heavy atom. The molecule has 0 unspecified atom stereocenters. The largest absolute Gasteiger partial charge is 0.467 e. The molecule has 1 N–H and O–H groups in total. The molecule has 2 aromatic heterocycles. The normalized spacial score (nSPS) is 16.6. The van der Waals surface area contributed by atoms with Crippen LogP contribution in [-0.2, 0) is 11.3 Å². The molecule has 25 heavy (non-hydrogen) atoms. The molecule has 3 heterocycles. The number of aryl methyl sites for hydroxylation is 1. The second-order valence-corrected chi connectivity index (χ2v) is 6.23. The summed E-state index contributed by atoms with van der Waals surface area (Å²) in [5.74, 6) is 2.49. The predicted octanol–water partition coefficient (Wildman–Crippen LogP) is 2.40. The summed E-state index contributed by atoms with van der Waals surface area (Å²) < 4.78 is 16.5. The van der Waals surface area contributed by atoms with Gasteiger partial charge in [-0.15, -0.1) is 0 Å². The van der Waals surface area contributed by atoms with E-state index in [9.17, 15) is 4.79 Å². The molecule has 7 nitrogen and oxygen atoms in total. The van der Waals surface area contributed by atoms with E-state index in [-0.39, 0.29) is 12.1 Å². The van der Waals surface area contributed by atoms with E-state index in [1.54, 1.807) is 18.2 Å². The zero-order valence-electron chi connectivity index (χ0n) is 14.7. The van der Waals surface area contributed by atoms with Gasteiger partial charge in [-0.05, 0) is 31.2 Å². The number of morpholine rings is 1. The molecular weight excluding hydrogens is 322 g/mol. The van der Waals surface area contributed by atoms with Crippen LogP contribution in [0, 0.1) is 6.92 Å². The molecule has 1 atom stereocenters. The Bertz CT molecular complexity index is 662. The van der Waals surface area contributed by atoms with E-state index in [0.29, 0.717) is 26.3 Å². The highest BCUT2D eigenvalue weighted by atomic mass is 16.5. The molecule has 1 fully saturated rings. The number of hydrogen-bond acceptors (Lipinski definition) is 5. The maximum Gasteiger partial charge on any atom is 0.317 e. The molecule has 1 saturated heterocycles. The number of nitrogens with one attached hydrogen (secondary N) is 1. The minimum absolute atomic E-state index is 0.00133. The van der Waals surface area contributed by atoms with Crippen molar-refractivity contribution in [1.82, 2.24) is 15.1 Å². The average molecular weight is 347 g/mol. The molecule has 0 saturated carbocycles. The Morgan fingerprint density at radius 1 is 1.32 bits per heavy atom. The molecule has 0 bridgehead atoms. The van der Waals surface area contributed by atoms with Crippen LogP contribution in [0.1, 0.15) is 23.3 Å². The number of ether oxygens (including phenoxy) is 1. The summed E-state index contributed by atoms with van der Waals surface area (Å²) >= 11 is 0. The van der Waals surface area contributed by atoms with E-state index < -0.39 is 0 Å². The topological polar surface area (TPSA) is 71.1 Å². The SMILES string of the molecule is Cc1ccc([C@@H](CNC(=O)N(C)Cc2ccco2)N2CCOCC2)o1. The lowest BCUT2D eigenvalue weighted by Crippen LogP contribution is -2.45. The second-order valence-electron chi connectivity index (χ2n) is 6.23. The van der Waals surface area contributed by atoms with Gasteiger partial charge in [0.15, 0.2) is 0 Å². The first-order valence-corrected chi connectivity index (χ1v) is 8.53. The van der Waals surface area contributed by atoms with Gasteiger partial charge in [-0.3, -0.25) is 4.90 Å². The fourth-order valence-electron chi connectivity index (χ4n) is 2.96. The Morgan fingerprint density at radius 3 is 2.76 bits per heavy atom. The van der Waals surface area contributed by atoms with Gasteiger partial charge in [0.05, 0.1) is 32.1 Å². The van der Waals surface area contributed by atoms with Gasteiger partial charge in [0.2, 0.25) is 0 Å². The van der Waals surface area contributed by atoms with E-state index in [2.05, 4.69) is 10.2 Å². The number of furan rings is 2. The third-order valence-electron chi connectivity index (χ3n) is 4.34. The second kappa shape index (κ2) is 8.22. The molecule has 136 valence electrons. The predicted molar refractivity (Wildman–Crippen MR) is 92.2 cm³/mol. The molecule has 0 spiro atoms. The van der Waals surface area contributed by atoms with Crippen LogP contribution >= 0.6 is 0 Å². The third-order valence-corrected chi connectivity index (χ3v) is 4.34. The highest BCUT2D eigenvalue weighted by molar-refractivity contribution is 5.73. The first-order chi connectivity index (χ1) is 12.1. The van der Waals surface area contributed by atoms with Gasteiger partial charge in [0, 0.05) is 26.7 Å². The Kier molecular flexibility index (Phi) is 5.78. The van der Waals surface area contributed by atoms with Crippen molar-refractivity contribution in [3.05, 3.63) is 47.8 Å². The smallest absolute Gasteiger partial charge is 0.317 e. The summed E-state index contributed by atoms with van der Waals surface area (Å²) in [7, 11) is 1.75. The van der Waals surface area contributed by atoms with Crippen LogP contribution in [0.15, 0.2) is 39.4 Å². The van der Waals surface area contributed by atoms with Gasteiger partial charge in [-0.25, -0.2) is 4.79 Å². The number of hydrogen-bond donors (Lipinski definition) is 1. The zero-order valence-corrected chi connectivity index (χ0v) is 14.7. The molecule has 1 aliphatic rings. The molecule has 7 heteroatoms. The van der Waals surface area contributed by atoms with Crippen molar-refractivity contribution in [2.45, 2.75) is 19.5 Å². The quantitative estimate of drug-likeness (QED) is 0.869. The average Bonchev–Trinajstić information content (AvgIpc) is 3.28. The number of nitrogens with zero attached hydrogens (tertiary/aromatic N) is 2. The maximum atomic E-state index is 12.4. The Balaban J connectivity index is 1.60. The fraction of sp³-hybridized carbons (Fsp3) is 0.500. The summed E-state index contributed by atoms with van der Waals surface area (Å²) in [4.78, 5) is 16.3. The van der Waals surface area contributed by atoms with Gasteiger partial charge in [0.25, 0.3) is 0 Å². The van der Waals surface area contributed by atoms with Crippen molar-refractivity contribution >= 4 is 6.03 Å². The van der Waals surface area contributed by atoms with E-state index in [1.165, 1.54) is 0 Å². The lowest BCUT2D eigenvalue weighted by molar-refractivity contribution is 0.0119. The van der Waals surface area contributed by atoms with Crippen LogP contribution in [0.5, 0.6) is 0 Å². The van der Waals surface area contributed by atoms with E-state index >= 15 is 0 Å². The van der Waals surface area contributed by atoms with Gasteiger partial charge in [-0.2, -0.15) is 0 Å². The lowest BCUT2D eigenvalue weighted by atomic mass is 10.1. The number of amides is 2. The highest BCUT2D eigenvalue weighted by Gasteiger charge is 2.26. The van der Waals surface area contributed by atoms with Gasteiger partial charge in [-0.1, -0.05) is 0 Å². The summed E-state index contributed by atoms with van der Waals surface area (Å²) in [6.07, 6.45) is 1.61. The molecular formula is C18H25N3O4. The number of rotatable bonds is 6. The van der Waals surface area contributed by atoms with Gasteiger partial charge >= 0.3 is 6.03 Å². The van der Waals surface area contributed by atoms with E-state index in [1.807, 2.05) is 31.2 Å². The van der Waals surface area contributed by atoms with Gasteiger partial charge in [0.1, 0.15) is 17.3 Å². The monoisotopic (exact) mass is 347 g/mol. The van der Waals surface area contributed by atoms with E-state index in [4.69, 9.17) is 13.6 Å². The van der Waals surface area contributed by atoms with E-state index in [0.717, 1.165) is 30.4 Å². The van der Waals surface area contributed by atoms with Crippen LogP contribution in [0.25, 0.3) is 0 Å². The van der Waals surface area contributed by atoms with Crippen LogP contribution in [-0.4, -0.2) is 55.7 Å². The molecule has 2 aromatic rings. The van der Waals surface area contributed by atoms with Crippen molar-refractivity contribution < 1.29 is 18.4 Å². The number of urea groups is 1. The summed E-state index contributed by atoms with van der Waals surface area (Å²) in [5, 5.41) is 3.00. The highest BCUT2D eigenvalue weighted by Crippen LogP contribution is 2.23. The van der Waals surface area contributed by atoms with Crippen molar-refractivity contribution in [1.29, 1.82) is 0 Å². The van der Waals surface area contributed by atoms with Crippen molar-refractivity contribution in [2.24, 2.45) is 0 Å². The minimum Gasteiger partial charge on any atom is -0.467 e. The summed E-state index contributed by atoms with van der Waals surface area (Å²) in [6.45, 7) is 5.88. The molecule has 0 radical (unpaired) electrons. The molecule has 2 amide bonds. The number of carbonyl (C=O) groups is 1. The maximum absolute atomic E-state index is 12.4. The molecule has 3 rings (SSSR count). The first kappa shape index (κ1) is 17.6. The molecule has 0 aliphatic carbocycles. The minimum atomic E-state index is -0.141. The van der Waals surface area contributed by atoms with Crippen molar-refractivity contribution in [3.63, 3.8) is 0 Å². The molecule has 0 aromatic carbocycles.